The minimum Gasteiger partial charge on any atom is -0.481 e. The number of hydrogen-bond acceptors (Lipinski definition) is 5. The van der Waals surface area contributed by atoms with Crippen LogP contribution < -0.4 is 11.3 Å². The van der Waals surface area contributed by atoms with Crippen LogP contribution in [0.1, 0.15) is 37.5 Å². The number of nitrogens with two attached hydrogens (primary N) is 1. The average molecular weight is 383 g/mol. The lowest BCUT2D eigenvalue weighted by atomic mass is 9.81. The molecule has 2 aromatic rings. The third-order valence-corrected chi connectivity index (χ3v) is 4.76. The summed E-state index contributed by atoms with van der Waals surface area (Å²) < 4.78 is 0. The largest absolute Gasteiger partial charge is 0.481 e. The summed E-state index contributed by atoms with van der Waals surface area (Å²) in [5, 5.41) is 17.2. The summed E-state index contributed by atoms with van der Waals surface area (Å²) in [6, 6.07) is 12.6. The molecule has 0 spiro atoms. The van der Waals surface area contributed by atoms with Crippen LogP contribution in [0.5, 0.6) is 0 Å². The van der Waals surface area contributed by atoms with Gasteiger partial charge in [-0.15, -0.1) is 0 Å². The quantitative estimate of drug-likeness (QED) is 0.464. The van der Waals surface area contributed by atoms with Gasteiger partial charge in [0.15, 0.2) is 0 Å². The third-order valence-electron chi connectivity index (χ3n) is 4.76. The summed E-state index contributed by atoms with van der Waals surface area (Å²) in [6.45, 7) is 6.24. The lowest BCUT2D eigenvalue weighted by Crippen LogP contribution is -2.22. The van der Waals surface area contributed by atoms with Crippen molar-refractivity contribution in [3.63, 3.8) is 0 Å². The van der Waals surface area contributed by atoms with Crippen LogP contribution in [0, 0.1) is 0 Å². The Labute approximate surface area is 163 Å². The van der Waals surface area contributed by atoms with Crippen LogP contribution in [-0.4, -0.2) is 27.9 Å². The molecule has 0 saturated carbocycles. The van der Waals surface area contributed by atoms with Crippen LogP contribution >= 0.6 is 0 Å². The number of carboxylic acids is 2. The molecule has 0 bridgehead atoms. The number of anilines is 1. The number of nitrogen functional groups attached to an aromatic ring is 1. The van der Waals surface area contributed by atoms with E-state index in [0.717, 1.165) is 33.8 Å². The van der Waals surface area contributed by atoms with Gasteiger partial charge in [-0.1, -0.05) is 38.1 Å². The number of nitrogens with one attached hydrogen (secondary N) is 1. The van der Waals surface area contributed by atoms with E-state index in [0.29, 0.717) is 0 Å². The third kappa shape index (κ3) is 5.17. The van der Waals surface area contributed by atoms with Gasteiger partial charge in [0.1, 0.15) is 0 Å². The minimum absolute atomic E-state index is 0.0465. The van der Waals surface area contributed by atoms with Crippen LogP contribution in [0.3, 0.4) is 0 Å². The molecule has 0 aliphatic carbocycles. The van der Waals surface area contributed by atoms with Gasteiger partial charge in [-0.2, -0.15) is 0 Å². The molecule has 1 aliphatic heterocycles. The number of aliphatic imine (C=N–C) groups is 1. The van der Waals surface area contributed by atoms with Gasteiger partial charge in [-0.3, -0.25) is 20.4 Å². The molecule has 0 atom stereocenters. The van der Waals surface area contributed by atoms with Crippen molar-refractivity contribution in [3.05, 3.63) is 59.2 Å². The molecule has 7 nitrogen and oxygen atoms in total. The van der Waals surface area contributed by atoms with Crippen LogP contribution in [-0.2, 0) is 27.8 Å². The summed E-state index contributed by atoms with van der Waals surface area (Å²) in [7, 11) is 0. The maximum atomic E-state index is 10.7. The summed E-state index contributed by atoms with van der Waals surface area (Å²) >= 11 is 0. The van der Waals surface area contributed by atoms with Crippen molar-refractivity contribution < 1.29 is 19.8 Å². The molecular formula is C21H25N3O4. The van der Waals surface area contributed by atoms with Gasteiger partial charge in [-0.05, 0) is 41.8 Å². The number of hydrogen-bond donors (Lipinski definition) is 4. The molecular weight excluding hydrogens is 358 g/mol. The van der Waals surface area contributed by atoms with E-state index in [1.54, 1.807) is 24.3 Å². The molecule has 0 fully saturated rings. The number of hydrazine groups is 1. The van der Waals surface area contributed by atoms with Gasteiger partial charge in [0, 0.05) is 16.8 Å². The molecule has 3 rings (SSSR count). The summed E-state index contributed by atoms with van der Waals surface area (Å²) in [6.07, 6.45) is 0.118. The van der Waals surface area contributed by atoms with Crippen LogP contribution in [0.25, 0.3) is 0 Å². The minimum atomic E-state index is -0.830. The van der Waals surface area contributed by atoms with E-state index in [1.807, 2.05) is 25.1 Å². The second kappa shape index (κ2) is 8.67. The summed E-state index contributed by atoms with van der Waals surface area (Å²) in [5.74, 6) is 3.51. The zero-order valence-corrected chi connectivity index (χ0v) is 16.2. The first-order chi connectivity index (χ1) is 13.1. The summed E-state index contributed by atoms with van der Waals surface area (Å²) in [5.41, 5.74) is 7.93. The Kier molecular flexibility index (Phi) is 6.53. The van der Waals surface area contributed by atoms with Gasteiger partial charge in [0.2, 0.25) is 0 Å². The highest BCUT2D eigenvalue weighted by molar-refractivity contribution is 5.99. The standard InChI is InChI=1S/C13H15NO2.C8H10N2O2/c1-8-13(2,3)10-6-9(7-12(15)16)4-5-11(10)14-8;9-10-7-3-1-6(2-4-7)5-8(11)12/h4-6H,7H2,1-3H3,(H,15,16);1-4,10H,5,9H2,(H,11,12). The number of rotatable bonds is 5. The Morgan fingerprint density at radius 1 is 1.00 bits per heavy atom. The first-order valence-electron chi connectivity index (χ1n) is 8.81. The number of carbonyl (C=O) groups is 2. The van der Waals surface area contributed by atoms with E-state index in [1.165, 1.54) is 0 Å². The van der Waals surface area contributed by atoms with Gasteiger partial charge in [-0.25, -0.2) is 0 Å². The van der Waals surface area contributed by atoms with Crippen molar-refractivity contribution in [2.45, 2.75) is 39.0 Å². The predicted molar refractivity (Wildman–Crippen MR) is 109 cm³/mol. The fourth-order valence-corrected chi connectivity index (χ4v) is 2.87. The molecule has 1 aliphatic rings. The predicted octanol–water partition coefficient (Wildman–Crippen LogP) is 3.30. The molecule has 0 aromatic heterocycles. The van der Waals surface area contributed by atoms with E-state index in [2.05, 4.69) is 24.3 Å². The van der Waals surface area contributed by atoms with Crippen molar-refractivity contribution in [2.75, 3.05) is 5.43 Å². The highest BCUT2D eigenvalue weighted by atomic mass is 16.4. The van der Waals surface area contributed by atoms with E-state index >= 15 is 0 Å². The average Bonchev–Trinajstić information content (AvgIpc) is 2.85. The Morgan fingerprint density at radius 2 is 1.54 bits per heavy atom. The summed E-state index contributed by atoms with van der Waals surface area (Å²) in [4.78, 5) is 25.4. The number of nitrogens with zero attached hydrogens (tertiary/aromatic N) is 1. The van der Waals surface area contributed by atoms with E-state index in [4.69, 9.17) is 16.1 Å². The van der Waals surface area contributed by atoms with E-state index in [9.17, 15) is 9.59 Å². The van der Waals surface area contributed by atoms with Crippen molar-refractivity contribution in [1.29, 1.82) is 0 Å². The fraction of sp³-hybridized carbons (Fsp3) is 0.286. The molecule has 5 N–H and O–H groups in total. The van der Waals surface area contributed by atoms with E-state index in [-0.39, 0.29) is 18.3 Å². The lowest BCUT2D eigenvalue weighted by Gasteiger charge is -2.20. The Hall–Kier alpha value is -3.19. The maximum Gasteiger partial charge on any atom is 0.307 e. The van der Waals surface area contributed by atoms with Gasteiger partial charge in [0.05, 0.1) is 18.5 Å². The molecule has 7 heteroatoms. The highest BCUT2D eigenvalue weighted by Crippen LogP contribution is 2.40. The Balaban J connectivity index is 0.000000209. The zero-order valence-electron chi connectivity index (χ0n) is 16.2. The smallest absolute Gasteiger partial charge is 0.307 e. The lowest BCUT2D eigenvalue weighted by molar-refractivity contribution is -0.137. The van der Waals surface area contributed by atoms with Crippen LogP contribution in [0.15, 0.2) is 47.5 Å². The second-order valence-corrected chi connectivity index (χ2v) is 7.16. The second-order valence-electron chi connectivity index (χ2n) is 7.16. The van der Waals surface area contributed by atoms with Crippen molar-refractivity contribution in [1.82, 2.24) is 0 Å². The Morgan fingerprint density at radius 3 is 2.07 bits per heavy atom. The van der Waals surface area contributed by atoms with Crippen molar-refractivity contribution in [3.8, 4) is 0 Å². The van der Waals surface area contributed by atoms with Crippen molar-refractivity contribution in [2.24, 2.45) is 10.8 Å². The molecule has 148 valence electrons. The molecule has 28 heavy (non-hydrogen) atoms. The number of fused-ring (bicyclic) bond motifs is 1. The molecule has 0 radical (unpaired) electrons. The molecule has 0 unspecified atom stereocenters. The number of benzene rings is 2. The Bertz CT molecular complexity index is 902. The number of carboxylic acid groups (broad SMARTS) is 2. The van der Waals surface area contributed by atoms with Gasteiger partial charge < -0.3 is 15.6 Å². The molecule has 0 amide bonds. The normalized spacial score (nSPS) is 13.6. The fourth-order valence-electron chi connectivity index (χ4n) is 2.87. The molecule has 1 heterocycles. The van der Waals surface area contributed by atoms with E-state index < -0.39 is 11.9 Å². The first kappa shape index (κ1) is 21.1. The zero-order chi connectivity index (χ0) is 20.9. The molecule has 2 aromatic carbocycles. The topological polar surface area (TPSA) is 125 Å². The van der Waals surface area contributed by atoms with Crippen LogP contribution in [0.4, 0.5) is 11.4 Å². The SMILES string of the molecule is CC1=Nc2ccc(CC(=O)O)cc2C1(C)C.NNc1ccc(CC(=O)O)cc1. The monoisotopic (exact) mass is 383 g/mol. The number of aliphatic carboxylic acids is 2. The first-order valence-corrected chi connectivity index (χ1v) is 8.81. The molecule has 0 saturated heterocycles. The van der Waals surface area contributed by atoms with Gasteiger partial charge in [0.25, 0.3) is 0 Å². The van der Waals surface area contributed by atoms with Crippen LogP contribution in [0.2, 0.25) is 0 Å². The van der Waals surface area contributed by atoms with Crippen molar-refractivity contribution >= 4 is 29.0 Å². The maximum absolute atomic E-state index is 10.7. The highest BCUT2D eigenvalue weighted by Gasteiger charge is 2.32. The van der Waals surface area contributed by atoms with Gasteiger partial charge >= 0.3 is 11.9 Å².